The molecule has 1 aromatic heterocycles. The first-order valence-electron chi connectivity index (χ1n) is 9.17. The Morgan fingerprint density at radius 2 is 1.93 bits per heavy atom. The molecule has 1 amide bonds. The SMILES string of the molecule is COc1cc(C(=O)Nc2nnc(SCc3ccccc3)s2)ccc1OCC(C)C. The number of carbonyl (C=O) groups excluding carboxylic acids is 1. The number of thioether (sulfide) groups is 1. The van der Waals surface area contributed by atoms with Gasteiger partial charge in [0.2, 0.25) is 5.13 Å². The maximum absolute atomic E-state index is 12.6. The molecule has 0 aliphatic carbocycles. The molecule has 0 aliphatic heterocycles. The Labute approximate surface area is 178 Å². The van der Waals surface area contributed by atoms with Gasteiger partial charge in [0.1, 0.15) is 0 Å². The third kappa shape index (κ3) is 6.20. The third-order valence-corrected chi connectivity index (χ3v) is 5.87. The van der Waals surface area contributed by atoms with Crippen molar-refractivity contribution in [1.29, 1.82) is 0 Å². The van der Waals surface area contributed by atoms with Crippen molar-refractivity contribution in [2.45, 2.75) is 23.9 Å². The van der Waals surface area contributed by atoms with E-state index in [4.69, 9.17) is 9.47 Å². The van der Waals surface area contributed by atoms with Crippen LogP contribution in [0.5, 0.6) is 11.5 Å². The predicted molar refractivity (Wildman–Crippen MR) is 117 cm³/mol. The van der Waals surface area contributed by atoms with E-state index in [1.165, 1.54) is 16.9 Å². The Kier molecular flexibility index (Phi) is 7.48. The van der Waals surface area contributed by atoms with Gasteiger partial charge in [-0.15, -0.1) is 10.2 Å². The average Bonchev–Trinajstić information content (AvgIpc) is 3.18. The molecule has 0 atom stereocenters. The van der Waals surface area contributed by atoms with Crippen molar-refractivity contribution in [3.63, 3.8) is 0 Å². The molecule has 0 radical (unpaired) electrons. The van der Waals surface area contributed by atoms with E-state index < -0.39 is 0 Å². The lowest BCUT2D eigenvalue weighted by atomic mass is 10.2. The first-order valence-corrected chi connectivity index (χ1v) is 11.0. The molecule has 1 N–H and O–H groups in total. The highest BCUT2D eigenvalue weighted by Crippen LogP contribution is 2.30. The monoisotopic (exact) mass is 429 g/mol. The van der Waals surface area contributed by atoms with Crippen LogP contribution in [0.25, 0.3) is 0 Å². The summed E-state index contributed by atoms with van der Waals surface area (Å²) in [5.74, 6) is 2.07. The van der Waals surface area contributed by atoms with Gasteiger partial charge in [0.05, 0.1) is 13.7 Å². The van der Waals surface area contributed by atoms with Crippen LogP contribution in [0.1, 0.15) is 29.8 Å². The summed E-state index contributed by atoms with van der Waals surface area (Å²) in [7, 11) is 1.56. The van der Waals surface area contributed by atoms with Crippen LogP contribution in [0.2, 0.25) is 0 Å². The number of methoxy groups -OCH3 is 1. The third-order valence-electron chi connectivity index (χ3n) is 3.83. The van der Waals surface area contributed by atoms with E-state index in [0.29, 0.717) is 34.7 Å². The predicted octanol–water partition coefficient (Wildman–Crippen LogP) is 5.13. The Bertz CT molecular complexity index is 945. The maximum atomic E-state index is 12.6. The molecule has 0 bridgehead atoms. The lowest BCUT2D eigenvalue weighted by Crippen LogP contribution is -2.12. The van der Waals surface area contributed by atoms with Crippen molar-refractivity contribution in [2.24, 2.45) is 5.92 Å². The highest BCUT2D eigenvalue weighted by molar-refractivity contribution is 8.00. The number of benzene rings is 2. The minimum absolute atomic E-state index is 0.269. The second-order valence-corrected chi connectivity index (χ2v) is 8.87. The van der Waals surface area contributed by atoms with Gasteiger partial charge in [0, 0.05) is 11.3 Å². The summed E-state index contributed by atoms with van der Waals surface area (Å²) >= 11 is 2.94. The number of amides is 1. The minimum atomic E-state index is -0.269. The van der Waals surface area contributed by atoms with E-state index in [2.05, 4.69) is 41.5 Å². The van der Waals surface area contributed by atoms with Gasteiger partial charge in [0.15, 0.2) is 15.8 Å². The summed E-state index contributed by atoms with van der Waals surface area (Å²) < 4.78 is 11.9. The number of ether oxygens (including phenoxy) is 2. The summed E-state index contributed by atoms with van der Waals surface area (Å²) in [4.78, 5) is 12.6. The van der Waals surface area contributed by atoms with E-state index in [0.717, 1.165) is 10.1 Å². The molecule has 29 heavy (non-hydrogen) atoms. The molecule has 0 fully saturated rings. The van der Waals surface area contributed by atoms with Crippen LogP contribution in [0.3, 0.4) is 0 Å². The summed E-state index contributed by atoms with van der Waals surface area (Å²) in [5, 5.41) is 11.5. The van der Waals surface area contributed by atoms with Crippen molar-refractivity contribution in [1.82, 2.24) is 10.2 Å². The number of rotatable bonds is 9. The molecule has 3 aromatic rings. The number of nitrogens with one attached hydrogen (secondary N) is 1. The van der Waals surface area contributed by atoms with E-state index in [1.54, 1.807) is 37.1 Å². The zero-order valence-electron chi connectivity index (χ0n) is 16.5. The fourth-order valence-corrected chi connectivity index (χ4v) is 4.09. The number of aromatic nitrogens is 2. The second-order valence-electron chi connectivity index (χ2n) is 6.67. The first-order chi connectivity index (χ1) is 14.0. The number of carbonyl (C=O) groups is 1. The Morgan fingerprint density at radius 3 is 2.66 bits per heavy atom. The second kappa shape index (κ2) is 10.3. The lowest BCUT2D eigenvalue weighted by Gasteiger charge is -2.13. The van der Waals surface area contributed by atoms with Gasteiger partial charge in [0.25, 0.3) is 5.91 Å². The van der Waals surface area contributed by atoms with Crippen LogP contribution in [-0.2, 0) is 5.75 Å². The van der Waals surface area contributed by atoms with Gasteiger partial charge in [-0.2, -0.15) is 0 Å². The largest absolute Gasteiger partial charge is 0.493 e. The van der Waals surface area contributed by atoms with E-state index in [-0.39, 0.29) is 5.91 Å². The lowest BCUT2D eigenvalue weighted by molar-refractivity contribution is 0.102. The van der Waals surface area contributed by atoms with Crippen molar-refractivity contribution >= 4 is 34.1 Å². The number of hydrogen-bond acceptors (Lipinski definition) is 7. The zero-order valence-corrected chi connectivity index (χ0v) is 18.2. The quantitative estimate of drug-likeness (QED) is 0.376. The molecule has 3 rings (SSSR count). The standard InChI is InChI=1S/C21H23N3O3S2/c1-14(2)12-27-17-10-9-16(11-18(17)26-3)19(25)22-20-23-24-21(29-20)28-13-15-7-5-4-6-8-15/h4-11,14H,12-13H2,1-3H3,(H,22,23,25). The number of anilines is 1. The molecule has 1 heterocycles. The van der Waals surface area contributed by atoms with Crippen LogP contribution >= 0.6 is 23.1 Å². The summed E-state index contributed by atoms with van der Waals surface area (Å²) in [6, 6.07) is 15.3. The van der Waals surface area contributed by atoms with Crippen LogP contribution in [0.4, 0.5) is 5.13 Å². The highest BCUT2D eigenvalue weighted by atomic mass is 32.2. The van der Waals surface area contributed by atoms with Crippen molar-refractivity contribution in [3.05, 3.63) is 59.7 Å². The normalized spacial score (nSPS) is 10.8. The molecule has 2 aromatic carbocycles. The first kappa shape index (κ1) is 21.1. The molecule has 6 nitrogen and oxygen atoms in total. The van der Waals surface area contributed by atoms with Gasteiger partial charge < -0.3 is 9.47 Å². The van der Waals surface area contributed by atoms with Gasteiger partial charge in [-0.1, -0.05) is 67.3 Å². The average molecular weight is 430 g/mol. The van der Waals surface area contributed by atoms with E-state index in [1.807, 2.05) is 18.2 Å². The van der Waals surface area contributed by atoms with Crippen LogP contribution in [0, 0.1) is 5.92 Å². The van der Waals surface area contributed by atoms with Gasteiger partial charge >= 0.3 is 0 Å². The fourth-order valence-electron chi connectivity index (χ4n) is 2.39. The molecule has 0 unspecified atom stereocenters. The van der Waals surface area contributed by atoms with Crippen LogP contribution in [0.15, 0.2) is 52.9 Å². The summed E-state index contributed by atoms with van der Waals surface area (Å²) in [6.07, 6.45) is 0. The van der Waals surface area contributed by atoms with Crippen LogP contribution < -0.4 is 14.8 Å². The van der Waals surface area contributed by atoms with Crippen molar-refractivity contribution in [2.75, 3.05) is 19.0 Å². The molecule has 0 spiro atoms. The van der Waals surface area contributed by atoms with Gasteiger partial charge in [-0.05, 0) is 29.7 Å². The van der Waals surface area contributed by atoms with Gasteiger partial charge in [-0.3, -0.25) is 10.1 Å². The van der Waals surface area contributed by atoms with Crippen LogP contribution in [-0.4, -0.2) is 29.8 Å². The Hall–Kier alpha value is -2.58. The molecule has 0 saturated carbocycles. The van der Waals surface area contributed by atoms with E-state index >= 15 is 0 Å². The highest BCUT2D eigenvalue weighted by Gasteiger charge is 2.14. The molecule has 0 aliphatic rings. The molecule has 152 valence electrons. The molecular formula is C21H23N3O3S2. The fraction of sp³-hybridized carbons (Fsp3) is 0.286. The van der Waals surface area contributed by atoms with E-state index in [9.17, 15) is 4.79 Å². The Balaban J connectivity index is 1.60. The molecule has 0 saturated heterocycles. The smallest absolute Gasteiger partial charge is 0.257 e. The topological polar surface area (TPSA) is 73.3 Å². The number of hydrogen-bond donors (Lipinski definition) is 1. The maximum Gasteiger partial charge on any atom is 0.257 e. The summed E-state index contributed by atoms with van der Waals surface area (Å²) in [5.41, 5.74) is 1.68. The molecule has 8 heteroatoms. The van der Waals surface area contributed by atoms with Gasteiger partial charge in [-0.25, -0.2) is 0 Å². The molecular weight excluding hydrogens is 406 g/mol. The number of nitrogens with zero attached hydrogens (tertiary/aromatic N) is 2. The van der Waals surface area contributed by atoms with Crippen molar-refractivity contribution < 1.29 is 14.3 Å². The Morgan fingerprint density at radius 1 is 1.14 bits per heavy atom. The summed E-state index contributed by atoms with van der Waals surface area (Å²) in [6.45, 7) is 4.72. The van der Waals surface area contributed by atoms with Crippen molar-refractivity contribution in [3.8, 4) is 11.5 Å². The minimum Gasteiger partial charge on any atom is -0.493 e. The zero-order chi connectivity index (χ0) is 20.6.